The third kappa shape index (κ3) is 5.65. The number of pyridine rings is 1. The molecule has 0 aliphatic heterocycles. The third-order valence-corrected chi connectivity index (χ3v) is 14.0. The van der Waals surface area contributed by atoms with Crippen LogP contribution in [0.25, 0.3) is 111 Å². The summed E-state index contributed by atoms with van der Waals surface area (Å²) >= 11 is 0. The predicted octanol–water partition coefficient (Wildman–Crippen LogP) is 16.2. The van der Waals surface area contributed by atoms with Crippen LogP contribution in [0, 0.1) is 0 Å². The van der Waals surface area contributed by atoms with Crippen molar-refractivity contribution in [3.63, 3.8) is 0 Å². The minimum atomic E-state index is -0.135. The van der Waals surface area contributed by atoms with Crippen LogP contribution >= 0.6 is 0 Å². The smallest absolute Gasteiger partial charge is 0.137 e. The van der Waals surface area contributed by atoms with Gasteiger partial charge < -0.3 is 4.57 Å². The van der Waals surface area contributed by atoms with E-state index in [4.69, 9.17) is 4.98 Å². The zero-order chi connectivity index (χ0) is 43.2. The molecule has 0 radical (unpaired) electrons. The van der Waals surface area contributed by atoms with Gasteiger partial charge in [0.25, 0.3) is 0 Å². The molecule has 1 aliphatic carbocycles. The molecule has 3 heterocycles. The summed E-state index contributed by atoms with van der Waals surface area (Å²) in [7, 11) is 0. The van der Waals surface area contributed by atoms with E-state index in [2.05, 4.69) is 241 Å². The highest BCUT2D eigenvalue weighted by atomic mass is 15.0. The molecule has 65 heavy (non-hydrogen) atoms. The maximum Gasteiger partial charge on any atom is 0.137 e. The van der Waals surface area contributed by atoms with Crippen LogP contribution in [-0.2, 0) is 5.41 Å². The quantitative estimate of drug-likeness (QED) is 0.153. The van der Waals surface area contributed by atoms with Gasteiger partial charge in [-0.1, -0.05) is 208 Å². The van der Waals surface area contributed by atoms with Crippen molar-refractivity contribution in [2.75, 3.05) is 0 Å². The van der Waals surface area contributed by atoms with Crippen molar-refractivity contribution < 1.29 is 0 Å². The van der Waals surface area contributed by atoms with E-state index in [1.54, 1.807) is 0 Å². The van der Waals surface area contributed by atoms with E-state index in [1.807, 2.05) is 6.07 Å². The van der Waals surface area contributed by atoms with Crippen molar-refractivity contribution in [1.82, 2.24) is 14.0 Å². The number of rotatable bonds is 6. The van der Waals surface area contributed by atoms with Crippen molar-refractivity contribution in [1.29, 1.82) is 0 Å². The first-order chi connectivity index (χ1) is 32.0. The second-order valence-corrected chi connectivity index (χ2v) is 17.9. The molecule has 0 saturated heterocycles. The van der Waals surface area contributed by atoms with Crippen molar-refractivity contribution in [2.24, 2.45) is 0 Å². The number of imidazole rings is 1. The molecule has 3 aromatic heterocycles. The van der Waals surface area contributed by atoms with Gasteiger partial charge in [-0.25, -0.2) is 4.98 Å². The summed E-state index contributed by atoms with van der Waals surface area (Å²) in [5.74, 6) is 0. The zero-order valence-electron chi connectivity index (χ0n) is 36.2. The monoisotopic (exact) mass is 829 g/mol. The SMILES string of the molecule is CC1(C)c2ccccc2-c2ccc(-n3c(-c4ccccc4)c(-c4ccccc4)c4ccc5c6cccc(-c7ccc(-c8c(-c9ccccc9)nc9ccccn89)cc7)c6ccc5c43)cc21. The van der Waals surface area contributed by atoms with Gasteiger partial charge in [0.1, 0.15) is 5.65 Å². The van der Waals surface area contributed by atoms with Crippen molar-refractivity contribution in [3.05, 3.63) is 236 Å². The highest BCUT2D eigenvalue weighted by Gasteiger charge is 2.36. The molecular weight excluding hydrogens is 787 g/mol. The molecule has 13 rings (SSSR count). The number of hydrogen-bond donors (Lipinski definition) is 0. The fraction of sp³-hybridized carbons (Fsp3) is 0.0484. The minimum absolute atomic E-state index is 0.135. The summed E-state index contributed by atoms with van der Waals surface area (Å²) in [5.41, 5.74) is 20.1. The molecule has 3 nitrogen and oxygen atoms in total. The summed E-state index contributed by atoms with van der Waals surface area (Å²) in [6.07, 6.45) is 2.11. The zero-order valence-corrected chi connectivity index (χ0v) is 36.2. The Hall–Kier alpha value is -8.27. The Labute approximate surface area is 378 Å². The number of fused-ring (bicyclic) bond motifs is 9. The standard InChI is InChI=1S/C62H43N3/c1-62(2)54-26-13-12-23-50(54)51-33-32-45(39-55(51)62)65-59(43-21-10-5-11-22-43)57(41-17-6-3-7-18-41)53-37-35-49-47-25-16-24-46(48(47)34-36-52(49)61(53)65)40-28-30-44(31-29-40)60-58(42-19-8-4-9-20-42)63-56-27-14-15-38-64(56)60/h3-39H,1-2H3. The van der Waals surface area contributed by atoms with Crippen LogP contribution in [-0.4, -0.2) is 14.0 Å². The Kier molecular flexibility index (Phi) is 8.25. The molecule has 0 atom stereocenters. The van der Waals surface area contributed by atoms with E-state index in [1.165, 1.54) is 93.9 Å². The molecule has 1 aliphatic rings. The van der Waals surface area contributed by atoms with E-state index >= 15 is 0 Å². The molecule has 0 unspecified atom stereocenters. The van der Waals surface area contributed by atoms with E-state index in [0.29, 0.717) is 0 Å². The van der Waals surface area contributed by atoms with E-state index < -0.39 is 0 Å². The largest absolute Gasteiger partial charge is 0.308 e. The summed E-state index contributed by atoms with van der Waals surface area (Å²) < 4.78 is 4.76. The molecule has 0 bridgehead atoms. The van der Waals surface area contributed by atoms with Gasteiger partial charge in [0.05, 0.1) is 22.6 Å². The second kappa shape index (κ2) is 14.4. The number of nitrogens with zero attached hydrogens (tertiary/aromatic N) is 3. The molecule has 0 N–H and O–H groups in total. The van der Waals surface area contributed by atoms with E-state index in [0.717, 1.165) is 28.2 Å². The van der Waals surface area contributed by atoms with Gasteiger partial charge in [-0.15, -0.1) is 0 Å². The molecule has 0 amide bonds. The molecule has 306 valence electrons. The van der Waals surface area contributed by atoms with Gasteiger partial charge in [-0.2, -0.15) is 0 Å². The fourth-order valence-electron chi connectivity index (χ4n) is 10.9. The lowest BCUT2D eigenvalue weighted by Gasteiger charge is -2.23. The normalized spacial score (nSPS) is 12.9. The van der Waals surface area contributed by atoms with Gasteiger partial charge >= 0.3 is 0 Å². The van der Waals surface area contributed by atoms with Gasteiger partial charge in [0.2, 0.25) is 0 Å². The molecular formula is C62H43N3. The van der Waals surface area contributed by atoms with Crippen LogP contribution in [0.3, 0.4) is 0 Å². The van der Waals surface area contributed by atoms with Crippen molar-refractivity contribution in [3.8, 4) is 72.8 Å². The summed E-state index contributed by atoms with van der Waals surface area (Å²) in [4.78, 5) is 5.09. The maximum atomic E-state index is 5.09. The molecule has 3 heteroatoms. The Morgan fingerprint density at radius 1 is 0.385 bits per heavy atom. The molecule has 12 aromatic rings. The second-order valence-electron chi connectivity index (χ2n) is 17.9. The number of benzene rings is 9. The first-order valence-corrected chi connectivity index (χ1v) is 22.5. The van der Waals surface area contributed by atoms with E-state index in [9.17, 15) is 0 Å². The first kappa shape index (κ1) is 37.3. The molecule has 0 fully saturated rings. The van der Waals surface area contributed by atoms with Crippen LogP contribution in [0.1, 0.15) is 25.0 Å². The lowest BCUT2D eigenvalue weighted by atomic mass is 9.82. The topological polar surface area (TPSA) is 22.2 Å². The van der Waals surface area contributed by atoms with Crippen molar-refractivity contribution >= 4 is 38.1 Å². The summed E-state index contributed by atoms with van der Waals surface area (Å²) in [6, 6.07) is 79.9. The van der Waals surface area contributed by atoms with Crippen LogP contribution in [0.2, 0.25) is 0 Å². The van der Waals surface area contributed by atoms with Gasteiger partial charge in [-0.3, -0.25) is 4.40 Å². The number of hydrogen-bond acceptors (Lipinski definition) is 1. The lowest BCUT2D eigenvalue weighted by Crippen LogP contribution is -2.15. The summed E-state index contributed by atoms with van der Waals surface area (Å²) in [5, 5.41) is 6.16. The molecule has 0 spiro atoms. The Balaban J connectivity index is 1.03. The van der Waals surface area contributed by atoms with Gasteiger partial charge in [0.15, 0.2) is 0 Å². The number of aromatic nitrogens is 3. The predicted molar refractivity (Wildman–Crippen MR) is 272 cm³/mol. The minimum Gasteiger partial charge on any atom is -0.308 e. The highest BCUT2D eigenvalue weighted by Crippen LogP contribution is 2.51. The molecule has 0 saturated carbocycles. The third-order valence-electron chi connectivity index (χ3n) is 14.0. The average molecular weight is 830 g/mol. The van der Waals surface area contributed by atoms with Crippen LogP contribution in [0.4, 0.5) is 0 Å². The Morgan fingerprint density at radius 2 is 0.969 bits per heavy atom. The van der Waals surface area contributed by atoms with Crippen LogP contribution in [0.15, 0.2) is 225 Å². The first-order valence-electron chi connectivity index (χ1n) is 22.5. The van der Waals surface area contributed by atoms with E-state index in [-0.39, 0.29) is 5.41 Å². The highest BCUT2D eigenvalue weighted by molar-refractivity contribution is 6.22. The summed E-state index contributed by atoms with van der Waals surface area (Å²) in [6.45, 7) is 4.74. The van der Waals surface area contributed by atoms with Crippen LogP contribution < -0.4 is 0 Å². The van der Waals surface area contributed by atoms with Crippen LogP contribution in [0.5, 0.6) is 0 Å². The fourth-order valence-corrected chi connectivity index (χ4v) is 10.9. The Morgan fingerprint density at radius 3 is 1.75 bits per heavy atom. The van der Waals surface area contributed by atoms with Crippen molar-refractivity contribution in [2.45, 2.75) is 19.3 Å². The molecule has 9 aromatic carbocycles. The van der Waals surface area contributed by atoms with Gasteiger partial charge in [-0.05, 0) is 84.9 Å². The van der Waals surface area contributed by atoms with Gasteiger partial charge in [0, 0.05) is 44.8 Å². The Bertz CT molecular complexity index is 3820. The lowest BCUT2D eigenvalue weighted by molar-refractivity contribution is 0.660. The average Bonchev–Trinajstić information content (AvgIpc) is 4.01. The maximum absolute atomic E-state index is 5.09.